The Labute approximate surface area is 181 Å². The van der Waals surface area contributed by atoms with E-state index in [0.29, 0.717) is 26.1 Å². The second-order valence-corrected chi connectivity index (χ2v) is 7.93. The second kappa shape index (κ2) is 9.56. The van der Waals surface area contributed by atoms with Gasteiger partial charge >= 0.3 is 0 Å². The van der Waals surface area contributed by atoms with Crippen molar-refractivity contribution in [3.05, 3.63) is 107 Å². The molecule has 1 fully saturated rings. The van der Waals surface area contributed by atoms with Crippen molar-refractivity contribution in [3.8, 4) is 0 Å². The van der Waals surface area contributed by atoms with Crippen molar-refractivity contribution in [3.63, 3.8) is 0 Å². The number of benzene rings is 3. The summed E-state index contributed by atoms with van der Waals surface area (Å²) < 4.78 is 13.1. The number of hydrogen-bond acceptors (Lipinski definition) is 2. The largest absolute Gasteiger partial charge is 0.352 e. The van der Waals surface area contributed by atoms with Crippen LogP contribution in [-0.4, -0.2) is 29.8 Å². The van der Waals surface area contributed by atoms with Gasteiger partial charge in [0, 0.05) is 25.6 Å². The summed E-state index contributed by atoms with van der Waals surface area (Å²) in [5.41, 5.74) is 2.86. The molecule has 2 atom stereocenters. The zero-order chi connectivity index (χ0) is 21.6. The fourth-order valence-corrected chi connectivity index (χ4v) is 4.12. The summed E-state index contributed by atoms with van der Waals surface area (Å²) in [6.45, 7) is 1.24. The fraction of sp³-hybridized carbons (Fsp3) is 0.231. The van der Waals surface area contributed by atoms with Crippen molar-refractivity contribution < 1.29 is 14.0 Å². The molecule has 0 saturated carbocycles. The molecule has 0 radical (unpaired) electrons. The molecule has 1 aliphatic heterocycles. The number of amides is 2. The summed E-state index contributed by atoms with van der Waals surface area (Å²) in [6, 6.07) is 25.6. The molecule has 3 aromatic rings. The van der Waals surface area contributed by atoms with Crippen molar-refractivity contribution in [2.24, 2.45) is 5.92 Å². The van der Waals surface area contributed by atoms with Gasteiger partial charge in [0.25, 0.3) is 0 Å². The average Bonchev–Trinajstić information content (AvgIpc) is 3.26. The number of carbonyl (C=O) groups is 2. The third kappa shape index (κ3) is 5.18. The van der Waals surface area contributed by atoms with Gasteiger partial charge in [0.05, 0.1) is 12.3 Å². The molecular weight excluding hydrogens is 391 g/mol. The zero-order valence-electron chi connectivity index (χ0n) is 17.2. The van der Waals surface area contributed by atoms with Crippen LogP contribution in [0.4, 0.5) is 4.39 Å². The molecule has 31 heavy (non-hydrogen) atoms. The zero-order valence-corrected chi connectivity index (χ0v) is 17.2. The minimum Gasteiger partial charge on any atom is -0.352 e. The Kier molecular flexibility index (Phi) is 6.41. The van der Waals surface area contributed by atoms with Crippen LogP contribution in [0.15, 0.2) is 84.9 Å². The first-order valence-electron chi connectivity index (χ1n) is 10.5. The van der Waals surface area contributed by atoms with Gasteiger partial charge in [0.2, 0.25) is 11.8 Å². The molecule has 0 aromatic heterocycles. The molecule has 158 valence electrons. The summed E-state index contributed by atoms with van der Waals surface area (Å²) in [5.74, 6) is -0.756. The Bertz CT molecular complexity index is 1020. The lowest BCUT2D eigenvalue weighted by Crippen LogP contribution is -2.35. The standard InChI is InChI=1S/C26H25FN2O2/c27-22-13-11-20(12-14-22)16-28-26(31)24-18-29(17-23(24)21-9-5-2-6-10-21)25(30)15-19-7-3-1-4-8-19/h1-14,23-24H,15-18H2,(H,28,31)/t23-,24-/m0/s1. The molecule has 1 saturated heterocycles. The highest BCUT2D eigenvalue weighted by atomic mass is 19.1. The molecule has 4 nitrogen and oxygen atoms in total. The number of carbonyl (C=O) groups excluding carboxylic acids is 2. The summed E-state index contributed by atoms with van der Waals surface area (Å²) in [7, 11) is 0. The van der Waals surface area contributed by atoms with E-state index in [-0.39, 0.29) is 29.5 Å². The Morgan fingerprint density at radius 3 is 2.16 bits per heavy atom. The molecule has 4 rings (SSSR count). The molecule has 3 aromatic carbocycles. The van der Waals surface area contributed by atoms with E-state index in [1.54, 1.807) is 17.0 Å². The maximum atomic E-state index is 13.1. The number of hydrogen-bond donors (Lipinski definition) is 1. The van der Waals surface area contributed by atoms with Gasteiger partial charge in [0.1, 0.15) is 5.82 Å². The monoisotopic (exact) mass is 416 g/mol. The minimum absolute atomic E-state index is 0.0287. The van der Waals surface area contributed by atoms with Gasteiger partial charge in [-0.3, -0.25) is 9.59 Å². The van der Waals surface area contributed by atoms with Crippen LogP contribution < -0.4 is 5.32 Å². The Hall–Kier alpha value is -3.47. The van der Waals surface area contributed by atoms with Gasteiger partial charge in [0.15, 0.2) is 0 Å². The van der Waals surface area contributed by atoms with Crippen LogP contribution >= 0.6 is 0 Å². The molecular formula is C26H25FN2O2. The van der Waals surface area contributed by atoms with Crippen LogP contribution in [0, 0.1) is 11.7 Å². The summed E-state index contributed by atoms with van der Waals surface area (Å²) in [6.07, 6.45) is 0.326. The summed E-state index contributed by atoms with van der Waals surface area (Å²) in [4.78, 5) is 27.8. The van der Waals surface area contributed by atoms with Crippen LogP contribution in [0.1, 0.15) is 22.6 Å². The Morgan fingerprint density at radius 1 is 0.839 bits per heavy atom. The summed E-state index contributed by atoms with van der Waals surface area (Å²) >= 11 is 0. The second-order valence-electron chi connectivity index (χ2n) is 7.93. The summed E-state index contributed by atoms with van der Waals surface area (Å²) in [5, 5.41) is 2.97. The van der Waals surface area contributed by atoms with E-state index in [4.69, 9.17) is 0 Å². The Morgan fingerprint density at radius 2 is 1.48 bits per heavy atom. The predicted molar refractivity (Wildman–Crippen MR) is 118 cm³/mol. The molecule has 5 heteroatoms. The normalized spacial score (nSPS) is 18.0. The van der Waals surface area contributed by atoms with Gasteiger partial charge in [-0.25, -0.2) is 4.39 Å². The highest BCUT2D eigenvalue weighted by molar-refractivity contribution is 5.84. The first-order valence-corrected chi connectivity index (χ1v) is 10.5. The molecule has 1 heterocycles. The molecule has 0 spiro atoms. The number of likely N-dealkylation sites (tertiary alicyclic amines) is 1. The van der Waals surface area contributed by atoms with E-state index in [0.717, 1.165) is 16.7 Å². The number of nitrogens with zero attached hydrogens (tertiary/aromatic N) is 1. The van der Waals surface area contributed by atoms with E-state index >= 15 is 0 Å². The molecule has 2 amide bonds. The van der Waals surface area contributed by atoms with Crippen LogP contribution in [-0.2, 0) is 22.6 Å². The third-order valence-corrected chi connectivity index (χ3v) is 5.82. The average molecular weight is 416 g/mol. The van der Waals surface area contributed by atoms with Gasteiger partial charge in [-0.1, -0.05) is 72.8 Å². The smallest absolute Gasteiger partial charge is 0.227 e. The molecule has 1 aliphatic rings. The van der Waals surface area contributed by atoms with Crippen LogP contribution in [0.5, 0.6) is 0 Å². The molecule has 0 bridgehead atoms. The van der Waals surface area contributed by atoms with Crippen molar-refractivity contribution in [2.75, 3.05) is 13.1 Å². The maximum Gasteiger partial charge on any atom is 0.227 e. The quantitative estimate of drug-likeness (QED) is 0.662. The van der Waals surface area contributed by atoms with Gasteiger partial charge in [-0.15, -0.1) is 0 Å². The van der Waals surface area contributed by atoms with E-state index in [2.05, 4.69) is 5.32 Å². The van der Waals surface area contributed by atoms with E-state index in [1.165, 1.54) is 12.1 Å². The van der Waals surface area contributed by atoms with E-state index in [9.17, 15) is 14.0 Å². The lowest BCUT2D eigenvalue weighted by molar-refractivity contribution is -0.130. The minimum atomic E-state index is -0.331. The molecule has 0 aliphatic carbocycles. The van der Waals surface area contributed by atoms with Gasteiger partial charge in [-0.2, -0.15) is 0 Å². The van der Waals surface area contributed by atoms with Crippen molar-refractivity contribution in [2.45, 2.75) is 18.9 Å². The SMILES string of the molecule is O=C(NCc1ccc(F)cc1)[C@H]1CN(C(=O)Cc2ccccc2)C[C@H]1c1ccccc1. The van der Waals surface area contributed by atoms with Crippen molar-refractivity contribution >= 4 is 11.8 Å². The van der Waals surface area contributed by atoms with Crippen LogP contribution in [0.25, 0.3) is 0 Å². The molecule has 1 N–H and O–H groups in total. The van der Waals surface area contributed by atoms with E-state index in [1.807, 2.05) is 60.7 Å². The maximum absolute atomic E-state index is 13.1. The van der Waals surface area contributed by atoms with Crippen molar-refractivity contribution in [1.82, 2.24) is 10.2 Å². The van der Waals surface area contributed by atoms with Gasteiger partial charge in [-0.05, 0) is 28.8 Å². The lowest BCUT2D eigenvalue weighted by Gasteiger charge is -2.18. The number of nitrogens with one attached hydrogen (secondary N) is 1. The fourth-order valence-electron chi connectivity index (χ4n) is 4.12. The first kappa shape index (κ1) is 20.8. The lowest BCUT2D eigenvalue weighted by atomic mass is 9.88. The number of halogens is 1. The van der Waals surface area contributed by atoms with Crippen LogP contribution in [0.3, 0.4) is 0 Å². The van der Waals surface area contributed by atoms with Crippen molar-refractivity contribution in [1.29, 1.82) is 0 Å². The highest BCUT2D eigenvalue weighted by Gasteiger charge is 2.40. The first-order chi connectivity index (χ1) is 15.1. The number of rotatable bonds is 6. The van der Waals surface area contributed by atoms with Gasteiger partial charge < -0.3 is 10.2 Å². The third-order valence-electron chi connectivity index (χ3n) is 5.82. The molecule has 0 unspecified atom stereocenters. The highest BCUT2D eigenvalue weighted by Crippen LogP contribution is 2.33. The Balaban J connectivity index is 1.47. The van der Waals surface area contributed by atoms with Crippen LogP contribution in [0.2, 0.25) is 0 Å². The topological polar surface area (TPSA) is 49.4 Å². The predicted octanol–water partition coefficient (Wildman–Crippen LogP) is 3.93. The van der Waals surface area contributed by atoms with E-state index < -0.39 is 0 Å².